The van der Waals surface area contributed by atoms with Crippen molar-refractivity contribution in [2.75, 3.05) is 12.3 Å². The Balaban J connectivity index is 1.47. The van der Waals surface area contributed by atoms with Crippen molar-refractivity contribution in [3.63, 3.8) is 0 Å². The number of thioether (sulfide) groups is 1. The van der Waals surface area contributed by atoms with Crippen LogP contribution in [0.5, 0.6) is 0 Å². The van der Waals surface area contributed by atoms with Gasteiger partial charge in [-0.05, 0) is 25.2 Å². The molecule has 0 spiro atoms. The van der Waals surface area contributed by atoms with E-state index >= 15 is 0 Å². The number of fused-ring (bicyclic) bond motifs is 2. The lowest BCUT2D eigenvalue weighted by atomic mass is 9.75. The van der Waals surface area contributed by atoms with Gasteiger partial charge >= 0.3 is 0 Å². The van der Waals surface area contributed by atoms with Gasteiger partial charge in [0.2, 0.25) is 0 Å². The molecule has 5 heterocycles. The van der Waals surface area contributed by atoms with Crippen LogP contribution in [-0.2, 0) is 10.8 Å². The summed E-state index contributed by atoms with van der Waals surface area (Å²) in [4.78, 5) is 4.57. The molecule has 3 fully saturated rings. The highest BCUT2D eigenvalue weighted by Gasteiger charge is 2.54. The molecule has 3 N–H and O–H groups in total. The summed E-state index contributed by atoms with van der Waals surface area (Å²) >= 11 is 3.53. The Labute approximate surface area is 165 Å². The fourth-order valence-electron chi connectivity index (χ4n) is 4.68. The van der Waals surface area contributed by atoms with E-state index < -0.39 is 10.8 Å². The van der Waals surface area contributed by atoms with Gasteiger partial charge in [0.15, 0.2) is 0 Å². The third kappa shape index (κ3) is 2.87. The maximum atomic E-state index is 13.0. The lowest BCUT2D eigenvalue weighted by Gasteiger charge is -2.48. The molecule has 5 rings (SSSR count). The molecule has 0 aromatic carbocycles. The van der Waals surface area contributed by atoms with Crippen LogP contribution in [0.1, 0.15) is 43.7 Å². The standard InChI is InChI=1S/C17H25N5OS3/c1-2-3-8-26(23)17-14-13-10(12-4-5-19-22(12)21-14)9-11(20-16(13)25-17)15-18-6-7-24-15/h6-7,10-13,16,19-21H,2-5,8-9H2,1H3. The number of hydrogen-bond donors (Lipinski definition) is 3. The van der Waals surface area contributed by atoms with Gasteiger partial charge in [0, 0.05) is 35.8 Å². The predicted molar refractivity (Wildman–Crippen MR) is 107 cm³/mol. The number of aromatic nitrogens is 1. The zero-order valence-corrected chi connectivity index (χ0v) is 17.3. The van der Waals surface area contributed by atoms with Gasteiger partial charge in [0.25, 0.3) is 0 Å². The average Bonchev–Trinajstić information content (AvgIpc) is 3.39. The minimum absolute atomic E-state index is 0.300. The third-order valence-corrected chi connectivity index (χ3v) is 10.0. The third-order valence-electron chi connectivity index (χ3n) is 5.88. The molecule has 0 radical (unpaired) electrons. The Morgan fingerprint density at radius 3 is 3.19 bits per heavy atom. The number of rotatable bonds is 5. The van der Waals surface area contributed by atoms with Crippen LogP contribution in [0, 0.1) is 11.8 Å². The number of hydrazine groups is 2. The monoisotopic (exact) mass is 411 g/mol. The zero-order chi connectivity index (χ0) is 17.7. The summed E-state index contributed by atoms with van der Waals surface area (Å²) in [7, 11) is -0.906. The summed E-state index contributed by atoms with van der Waals surface area (Å²) in [5.74, 6) is 1.76. The second-order valence-electron chi connectivity index (χ2n) is 7.40. The lowest BCUT2D eigenvalue weighted by molar-refractivity contribution is 0.00560. The first-order valence-corrected chi connectivity index (χ1v) is 12.6. The Morgan fingerprint density at radius 2 is 2.38 bits per heavy atom. The first-order chi connectivity index (χ1) is 12.8. The Hall–Kier alpha value is -0.450. The fourth-order valence-corrected chi connectivity index (χ4v) is 8.80. The molecule has 0 amide bonds. The second kappa shape index (κ2) is 7.18. The van der Waals surface area contributed by atoms with Crippen LogP contribution in [0.25, 0.3) is 0 Å². The quantitative estimate of drug-likeness (QED) is 0.687. The fraction of sp³-hybridized carbons (Fsp3) is 0.706. The van der Waals surface area contributed by atoms with E-state index in [2.05, 4.69) is 38.6 Å². The summed E-state index contributed by atoms with van der Waals surface area (Å²) in [5, 5.41) is 9.56. The second-order valence-corrected chi connectivity index (χ2v) is 11.2. The summed E-state index contributed by atoms with van der Waals surface area (Å²) in [6.07, 6.45) is 6.26. The lowest BCUT2D eigenvalue weighted by Crippen LogP contribution is -2.61. The van der Waals surface area contributed by atoms with E-state index in [1.807, 2.05) is 6.20 Å². The van der Waals surface area contributed by atoms with Crippen molar-refractivity contribution in [3.8, 4) is 0 Å². The highest BCUT2D eigenvalue weighted by atomic mass is 32.2. The van der Waals surface area contributed by atoms with Gasteiger partial charge in [-0.25, -0.2) is 10.4 Å². The molecule has 142 valence electrons. The molecule has 0 saturated carbocycles. The predicted octanol–water partition coefficient (Wildman–Crippen LogP) is 2.30. The maximum Gasteiger partial charge on any atom is 0.110 e. The molecule has 6 nitrogen and oxygen atoms in total. The molecule has 0 aliphatic carbocycles. The van der Waals surface area contributed by atoms with Gasteiger partial charge in [-0.2, -0.15) is 5.12 Å². The molecular weight excluding hydrogens is 386 g/mol. The molecule has 3 saturated heterocycles. The SMILES string of the molecule is CCCCS(=O)C1=C2NN3NCCC3C3CC(c4nccs4)NC(S1)C23. The van der Waals surface area contributed by atoms with E-state index in [1.165, 1.54) is 10.7 Å². The first kappa shape index (κ1) is 17.6. The van der Waals surface area contributed by atoms with Gasteiger partial charge < -0.3 is 5.43 Å². The minimum Gasteiger partial charge on any atom is -0.307 e. The number of nitrogens with zero attached hydrogens (tertiary/aromatic N) is 2. The molecule has 6 atom stereocenters. The minimum atomic E-state index is -0.906. The number of unbranched alkanes of at least 4 members (excludes halogenated alkanes) is 1. The number of piperidine rings is 1. The van der Waals surface area contributed by atoms with Crippen molar-refractivity contribution < 1.29 is 4.21 Å². The first-order valence-electron chi connectivity index (χ1n) is 9.50. The summed E-state index contributed by atoms with van der Waals surface area (Å²) < 4.78 is 14.0. The van der Waals surface area contributed by atoms with Crippen molar-refractivity contribution in [2.45, 2.75) is 50.1 Å². The van der Waals surface area contributed by atoms with Crippen molar-refractivity contribution in [1.82, 2.24) is 26.3 Å². The molecular formula is C17H25N5OS3. The van der Waals surface area contributed by atoms with E-state index in [9.17, 15) is 4.21 Å². The summed E-state index contributed by atoms with van der Waals surface area (Å²) in [5.41, 5.74) is 8.27. The summed E-state index contributed by atoms with van der Waals surface area (Å²) in [6, 6.07) is 0.804. The van der Waals surface area contributed by atoms with Gasteiger partial charge in [-0.1, -0.05) is 25.1 Å². The largest absolute Gasteiger partial charge is 0.307 e. The van der Waals surface area contributed by atoms with Crippen LogP contribution in [-0.4, -0.2) is 38.0 Å². The number of nitrogens with one attached hydrogen (secondary N) is 3. The Kier molecular flexibility index (Phi) is 4.87. The van der Waals surface area contributed by atoms with Crippen LogP contribution in [0.3, 0.4) is 0 Å². The van der Waals surface area contributed by atoms with E-state index in [0.717, 1.165) is 42.2 Å². The van der Waals surface area contributed by atoms with Gasteiger partial charge in [-0.15, -0.1) is 11.3 Å². The highest BCUT2D eigenvalue weighted by Crippen LogP contribution is 2.54. The van der Waals surface area contributed by atoms with Crippen molar-refractivity contribution in [3.05, 3.63) is 26.5 Å². The number of thiazole rings is 1. The van der Waals surface area contributed by atoms with Crippen LogP contribution in [0.15, 0.2) is 21.5 Å². The maximum absolute atomic E-state index is 13.0. The van der Waals surface area contributed by atoms with Gasteiger partial charge in [0.1, 0.15) is 5.01 Å². The van der Waals surface area contributed by atoms with Crippen LogP contribution >= 0.6 is 23.1 Å². The average molecular weight is 412 g/mol. The molecule has 9 heteroatoms. The topological polar surface area (TPSA) is 69.3 Å². The molecule has 6 unspecified atom stereocenters. The molecule has 4 aliphatic heterocycles. The highest BCUT2D eigenvalue weighted by molar-refractivity contribution is 8.17. The van der Waals surface area contributed by atoms with E-state index in [4.69, 9.17) is 0 Å². The Bertz CT molecular complexity index is 724. The van der Waals surface area contributed by atoms with E-state index in [0.29, 0.717) is 29.3 Å². The van der Waals surface area contributed by atoms with Crippen LogP contribution in [0.2, 0.25) is 0 Å². The van der Waals surface area contributed by atoms with Crippen molar-refractivity contribution >= 4 is 33.9 Å². The smallest absolute Gasteiger partial charge is 0.110 e. The molecule has 0 bridgehead atoms. The molecule has 1 aromatic rings. The van der Waals surface area contributed by atoms with Crippen molar-refractivity contribution in [2.24, 2.45) is 11.8 Å². The van der Waals surface area contributed by atoms with Crippen LogP contribution in [0.4, 0.5) is 0 Å². The molecule has 4 aliphatic rings. The normalized spacial score (nSPS) is 37.3. The van der Waals surface area contributed by atoms with E-state index in [1.54, 1.807) is 23.1 Å². The van der Waals surface area contributed by atoms with Crippen molar-refractivity contribution in [1.29, 1.82) is 0 Å². The van der Waals surface area contributed by atoms with Crippen LogP contribution < -0.4 is 16.2 Å². The summed E-state index contributed by atoms with van der Waals surface area (Å²) in [6.45, 7) is 3.17. The van der Waals surface area contributed by atoms with Gasteiger partial charge in [0.05, 0.1) is 32.1 Å². The molecule has 1 aromatic heterocycles. The Morgan fingerprint density at radius 1 is 1.46 bits per heavy atom. The molecule has 26 heavy (non-hydrogen) atoms. The van der Waals surface area contributed by atoms with E-state index in [-0.39, 0.29) is 0 Å². The van der Waals surface area contributed by atoms with Gasteiger partial charge in [-0.3, -0.25) is 9.53 Å². The number of hydrogen-bond acceptors (Lipinski definition) is 8. The zero-order valence-electron chi connectivity index (χ0n) is 14.8.